The molecule has 0 radical (unpaired) electrons. The number of hydrogen-bond acceptors (Lipinski definition) is 3. The molecule has 0 saturated carbocycles. The number of hydrogen-bond donors (Lipinski definition) is 1. The Hall–Kier alpha value is -2.02. The molecule has 0 aliphatic heterocycles. The Labute approximate surface area is 129 Å². The van der Waals surface area contributed by atoms with E-state index in [9.17, 15) is 18.0 Å². The first-order valence-electron chi connectivity index (χ1n) is 6.38. The van der Waals surface area contributed by atoms with Gasteiger partial charge >= 0.3 is 6.18 Å². The third-order valence-electron chi connectivity index (χ3n) is 2.74. The summed E-state index contributed by atoms with van der Waals surface area (Å²) in [6, 6.07) is 8.51. The number of amides is 1. The van der Waals surface area contributed by atoms with E-state index in [0.29, 0.717) is 5.03 Å². The Kier molecular flexibility index (Phi) is 5.07. The lowest BCUT2D eigenvalue weighted by atomic mass is 10.1. The smallest absolute Gasteiger partial charge is 0.325 e. The number of nitrogens with one attached hydrogen (secondary N) is 1. The number of carbonyl (C=O) groups excluding carboxylic acids is 1. The highest BCUT2D eigenvalue weighted by Crippen LogP contribution is 2.34. The molecule has 0 unspecified atom stereocenters. The number of carbonyl (C=O) groups is 1. The van der Waals surface area contributed by atoms with Gasteiger partial charge in [0.2, 0.25) is 5.91 Å². The van der Waals surface area contributed by atoms with Crippen LogP contribution in [0.5, 0.6) is 0 Å². The average Bonchev–Trinajstić information content (AvgIpc) is 2.46. The Morgan fingerprint density at radius 3 is 2.59 bits per heavy atom. The molecule has 2 rings (SSSR count). The Morgan fingerprint density at radius 2 is 1.95 bits per heavy atom. The molecule has 0 spiro atoms. The minimum Gasteiger partial charge on any atom is -0.325 e. The van der Waals surface area contributed by atoms with Gasteiger partial charge in [0.05, 0.1) is 22.0 Å². The number of rotatable bonds is 4. The van der Waals surface area contributed by atoms with Gasteiger partial charge in [-0.15, -0.1) is 0 Å². The van der Waals surface area contributed by atoms with Crippen molar-refractivity contribution in [2.45, 2.75) is 18.1 Å². The molecule has 116 valence electrons. The van der Waals surface area contributed by atoms with Crippen molar-refractivity contribution in [3.8, 4) is 0 Å². The van der Waals surface area contributed by atoms with Crippen LogP contribution in [0.15, 0.2) is 47.6 Å². The van der Waals surface area contributed by atoms with E-state index in [1.165, 1.54) is 30.0 Å². The molecule has 22 heavy (non-hydrogen) atoms. The van der Waals surface area contributed by atoms with Gasteiger partial charge in [-0.2, -0.15) is 13.2 Å². The Bertz CT molecular complexity index is 657. The molecule has 2 aromatic rings. The molecule has 1 N–H and O–H groups in total. The second-order valence-electron chi connectivity index (χ2n) is 4.55. The molecule has 7 heteroatoms. The van der Waals surface area contributed by atoms with Crippen molar-refractivity contribution in [3.05, 3.63) is 53.7 Å². The van der Waals surface area contributed by atoms with E-state index >= 15 is 0 Å². The number of aryl methyl sites for hydroxylation is 1. The van der Waals surface area contributed by atoms with Crippen molar-refractivity contribution in [3.63, 3.8) is 0 Å². The highest BCUT2D eigenvalue weighted by atomic mass is 32.2. The van der Waals surface area contributed by atoms with Gasteiger partial charge in [-0.3, -0.25) is 4.79 Å². The van der Waals surface area contributed by atoms with Gasteiger partial charge in [0, 0.05) is 6.20 Å². The van der Waals surface area contributed by atoms with Crippen molar-refractivity contribution in [2.75, 3.05) is 11.1 Å². The molecule has 0 bridgehead atoms. The third-order valence-corrected chi connectivity index (χ3v) is 3.69. The molecule has 1 aromatic carbocycles. The lowest BCUT2D eigenvalue weighted by Crippen LogP contribution is -2.18. The van der Waals surface area contributed by atoms with Crippen molar-refractivity contribution in [2.24, 2.45) is 0 Å². The van der Waals surface area contributed by atoms with E-state index in [-0.39, 0.29) is 11.4 Å². The van der Waals surface area contributed by atoms with Gasteiger partial charge in [0.1, 0.15) is 0 Å². The van der Waals surface area contributed by atoms with E-state index in [4.69, 9.17) is 0 Å². The van der Waals surface area contributed by atoms with E-state index in [1.807, 2.05) is 13.0 Å². The van der Waals surface area contributed by atoms with Crippen LogP contribution in [-0.4, -0.2) is 16.6 Å². The van der Waals surface area contributed by atoms with Gasteiger partial charge in [-0.05, 0) is 30.7 Å². The Balaban J connectivity index is 1.99. The molecule has 0 fully saturated rings. The highest BCUT2D eigenvalue weighted by molar-refractivity contribution is 7.99. The summed E-state index contributed by atoms with van der Waals surface area (Å²) in [4.78, 5) is 15.9. The summed E-state index contributed by atoms with van der Waals surface area (Å²) in [6.45, 7) is 1.89. The number of para-hydroxylation sites is 1. The van der Waals surface area contributed by atoms with Crippen LogP contribution in [-0.2, 0) is 11.0 Å². The quantitative estimate of drug-likeness (QED) is 0.859. The summed E-state index contributed by atoms with van der Waals surface area (Å²) >= 11 is 1.17. The number of pyridine rings is 1. The van der Waals surface area contributed by atoms with Crippen LogP contribution in [0.25, 0.3) is 0 Å². The molecule has 3 nitrogen and oxygen atoms in total. The first-order valence-corrected chi connectivity index (χ1v) is 7.36. The highest BCUT2D eigenvalue weighted by Gasteiger charge is 2.33. The predicted octanol–water partition coefficient (Wildman–Crippen LogP) is 4.14. The number of thioether (sulfide) groups is 1. The maximum atomic E-state index is 12.8. The zero-order valence-corrected chi connectivity index (χ0v) is 12.5. The maximum Gasteiger partial charge on any atom is 0.418 e. The van der Waals surface area contributed by atoms with Crippen LogP contribution in [0, 0.1) is 6.92 Å². The fraction of sp³-hybridized carbons (Fsp3) is 0.200. The SMILES string of the molecule is Cc1ccc(SCC(=O)Nc2ccccc2C(F)(F)F)nc1. The van der Waals surface area contributed by atoms with E-state index in [0.717, 1.165) is 11.6 Å². The zero-order valence-electron chi connectivity index (χ0n) is 11.6. The minimum atomic E-state index is -4.50. The van der Waals surface area contributed by atoms with Gasteiger partial charge in [0.25, 0.3) is 0 Å². The number of anilines is 1. The molecule has 0 aliphatic rings. The van der Waals surface area contributed by atoms with Crippen LogP contribution in [0.1, 0.15) is 11.1 Å². The largest absolute Gasteiger partial charge is 0.418 e. The summed E-state index contributed by atoms with van der Waals surface area (Å²) < 4.78 is 38.5. The van der Waals surface area contributed by atoms with Crippen LogP contribution in [0.2, 0.25) is 0 Å². The molecule has 1 heterocycles. The first kappa shape index (κ1) is 16.4. The number of nitrogens with zero attached hydrogens (tertiary/aromatic N) is 1. The number of halogens is 3. The molecule has 0 saturated heterocycles. The van der Waals surface area contributed by atoms with E-state index in [2.05, 4.69) is 10.3 Å². The summed E-state index contributed by atoms with van der Waals surface area (Å²) in [5.74, 6) is -0.522. The standard InChI is InChI=1S/C15H13F3N2OS/c1-10-6-7-14(19-8-10)22-9-13(21)20-12-5-3-2-4-11(12)15(16,17)18/h2-8H,9H2,1H3,(H,20,21). The first-order chi connectivity index (χ1) is 10.4. The van der Waals surface area contributed by atoms with Crippen molar-refractivity contribution in [1.82, 2.24) is 4.98 Å². The lowest BCUT2D eigenvalue weighted by Gasteiger charge is -2.13. The van der Waals surface area contributed by atoms with Crippen LogP contribution in [0.3, 0.4) is 0 Å². The third kappa shape index (κ3) is 4.49. The summed E-state index contributed by atoms with van der Waals surface area (Å²) in [5.41, 5.74) is -0.104. The minimum absolute atomic E-state index is 0.0117. The lowest BCUT2D eigenvalue weighted by molar-refractivity contribution is -0.137. The molecular weight excluding hydrogens is 313 g/mol. The summed E-state index contributed by atoms with van der Waals surface area (Å²) in [7, 11) is 0. The van der Waals surface area contributed by atoms with Crippen molar-refractivity contribution < 1.29 is 18.0 Å². The molecule has 0 atom stereocenters. The monoisotopic (exact) mass is 326 g/mol. The van der Waals surface area contributed by atoms with E-state index in [1.54, 1.807) is 12.3 Å². The molecule has 0 aliphatic carbocycles. The van der Waals surface area contributed by atoms with Crippen LogP contribution >= 0.6 is 11.8 Å². The van der Waals surface area contributed by atoms with Crippen molar-refractivity contribution >= 4 is 23.4 Å². The fourth-order valence-corrected chi connectivity index (χ4v) is 2.35. The zero-order chi connectivity index (χ0) is 16.2. The predicted molar refractivity (Wildman–Crippen MR) is 79.8 cm³/mol. The molecule has 1 aromatic heterocycles. The number of aromatic nitrogens is 1. The van der Waals surface area contributed by atoms with Crippen LogP contribution < -0.4 is 5.32 Å². The molecule has 1 amide bonds. The van der Waals surface area contributed by atoms with Gasteiger partial charge in [-0.25, -0.2) is 4.98 Å². The maximum absolute atomic E-state index is 12.8. The van der Waals surface area contributed by atoms with Gasteiger partial charge < -0.3 is 5.32 Å². The van der Waals surface area contributed by atoms with Crippen LogP contribution in [0.4, 0.5) is 18.9 Å². The van der Waals surface area contributed by atoms with E-state index < -0.39 is 17.6 Å². The van der Waals surface area contributed by atoms with Crippen molar-refractivity contribution in [1.29, 1.82) is 0 Å². The van der Waals surface area contributed by atoms with Gasteiger partial charge in [0.15, 0.2) is 0 Å². The second kappa shape index (κ2) is 6.83. The topological polar surface area (TPSA) is 42.0 Å². The molecular formula is C15H13F3N2OS. The summed E-state index contributed by atoms with van der Waals surface area (Å²) in [6.07, 6.45) is -2.84. The fourth-order valence-electron chi connectivity index (χ4n) is 1.70. The normalized spacial score (nSPS) is 11.3. The number of alkyl halides is 3. The Morgan fingerprint density at radius 1 is 1.23 bits per heavy atom. The average molecular weight is 326 g/mol. The second-order valence-corrected chi connectivity index (χ2v) is 5.55. The number of benzene rings is 1. The summed E-state index contributed by atoms with van der Waals surface area (Å²) in [5, 5.41) is 2.93. The van der Waals surface area contributed by atoms with Gasteiger partial charge in [-0.1, -0.05) is 30.0 Å².